The van der Waals surface area contributed by atoms with Gasteiger partial charge in [0.2, 0.25) is 11.9 Å². The number of hydrogen-bond acceptors (Lipinski definition) is 3. The Hall–Kier alpha value is -1.97. The molecule has 0 saturated heterocycles. The topological polar surface area (TPSA) is 52.6 Å². The summed E-state index contributed by atoms with van der Waals surface area (Å²) in [6.45, 7) is 2.95. The Morgan fingerprint density at radius 1 is 1.20 bits per heavy atom. The molecule has 1 aromatic carbocycles. The van der Waals surface area contributed by atoms with Crippen LogP contribution in [0.3, 0.4) is 0 Å². The molecular formula is C16H19N2O2+. The van der Waals surface area contributed by atoms with Crippen LogP contribution in [-0.4, -0.2) is 30.2 Å². The van der Waals surface area contributed by atoms with E-state index in [2.05, 4.69) is 9.98 Å². The van der Waals surface area contributed by atoms with Crippen LogP contribution < -0.4 is 4.99 Å². The van der Waals surface area contributed by atoms with Gasteiger partial charge in [-0.05, 0) is 31.9 Å². The van der Waals surface area contributed by atoms with E-state index in [0.29, 0.717) is 5.90 Å². The molecule has 0 aliphatic carbocycles. The first-order chi connectivity index (χ1) is 9.74. The lowest BCUT2D eigenvalue weighted by molar-refractivity contribution is -0.458. The maximum atomic E-state index is 12.0. The van der Waals surface area contributed by atoms with Crippen molar-refractivity contribution in [3.63, 3.8) is 0 Å². The summed E-state index contributed by atoms with van der Waals surface area (Å²) in [5, 5.41) is 0. The SMILES string of the molecule is Cc1ccc(C2=N[C@@H](C3=[NH+]CCCCC3)C(=O)O2)cc1. The molecule has 0 radical (unpaired) electrons. The molecule has 1 aromatic rings. The molecule has 0 spiro atoms. The van der Waals surface area contributed by atoms with E-state index < -0.39 is 6.04 Å². The highest BCUT2D eigenvalue weighted by molar-refractivity contribution is 6.15. The summed E-state index contributed by atoms with van der Waals surface area (Å²) in [7, 11) is 0. The van der Waals surface area contributed by atoms with Gasteiger partial charge in [0.05, 0.1) is 0 Å². The molecule has 1 atom stereocenters. The normalized spacial score (nSPS) is 22.9. The third kappa shape index (κ3) is 2.64. The number of hydrogen-bond donors (Lipinski definition) is 1. The maximum Gasteiger partial charge on any atom is 0.348 e. The minimum Gasteiger partial charge on any atom is -0.405 e. The molecule has 0 amide bonds. The molecule has 0 saturated carbocycles. The van der Waals surface area contributed by atoms with Crippen LogP contribution in [0, 0.1) is 6.92 Å². The van der Waals surface area contributed by atoms with E-state index in [-0.39, 0.29) is 5.97 Å². The Labute approximate surface area is 118 Å². The number of carbonyl (C=O) groups excluding carboxylic acids is 1. The van der Waals surface area contributed by atoms with Gasteiger partial charge in [-0.15, -0.1) is 0 Å². The minimum atomic E-state index is -0.468. The number of aryl methyl sites for hydroxylation is 1. The summed E-state index contributed by atoms with van der Waals surface area (Å²) in [4.78, 5) is 19.9. The number of benzene rings is 1. The highest BCUT2D eigenvalue weighted by atomic mass is 16.6. The maximum absolute atomic E-state index is 12.0. The summed E-state index contributed by atoms with van der Waals surface area (Å²) in [5.41, 5.74) is 3.05. The smallest absolute Gasteiger partial charge is 0.348 e. The van der Waals surface area contributed by atoms with E-state index in [9.17, 15) is 4.79 Å². The Morgan fingerprint density at radius 2 is 2.00 bits per heavy atom. The Bertz CT molecular complexity index is 573. The lowest BCUT2D eigenvalue weighted by atomic mass is 10.1. The van der Waals surface area contributed by atoms with Crippen LogP contribution in [0.25, 0.3) is 0 Å². The number of carbonyl (C=O) groups is 1. The van der Waals surface area contributed by atoms with Crippen molar-refractivity contribution in [2.24, 2.45) is 4.99 Å². The van der Waals surface area contributed by atoms with Crippen LogP contribution in [0.5, 0.6) is 0 Å². The van der Waals surface area contributed by atoms with Crippen molar-refractivity contribution in [2.75, 3.05) is 6.54 Å². The molecule has 104 valence electrons. The van der Waals surface area contributed by atoms with Crippen LogP contribution in [-0.2, 0) is 9.53 Å². The van der Waals surface area contributed by atoms with Gasteiger partial charge in [0.1, 0.15) is 6.54 Å². The fraction of sp³-hybridized carbons (Fsp3) is 0.438. The van der Waals surface area contributed by atoms with Crippen molar-refractivity contribution in [3.8, 4) is 0 Å². The minimum absolute atomic E-state index is 0.259. The molecule has 2 heterocycles. The second-order valence-corrected chi connectivity index (χ2v) is 5.39. The number of ether oxygens (including phenoxy) is 1. The lowest BCUT2D eigenvalue weighted by Crippen LogP contribution is -2.75. The molecule has 1 N–H and O–H groups in total. The monoisotopic (exact) mass is 271 g/mol. The van der Waals surface area contributed by atoms with Gasteiger partial charge in [0.15, 0.2) is 5.71 Å². The number of nitrogens with one attached hydrogen (secondary N) is 1. The van der Waals surface area contributed by atoms with Crippen molar-refractivity contribution in [1.29, 1.82) is 0 Å². The Balaban J connectivity index is 1.84. The van der Waals surface area contributed by atoms with Crippen molar-refractivity contribution in [1.82, 2.24) is 0 Å². The zero-order valence-electron chi connectivity index (χ0n) is 11.7. The summed E-state index contributed by atoms with van der Waals surface area (Å²) < 4.78 is 5.34. The number of esters is 1. The molecule has 0 unspecified atom stereocenters. The molecule has 2 aliphatic heterocycles. The fourth-order valence-corrected chi connectivity index (χ4v) is 2.59. The second-order valence-electron chi connectivity index (χ2n) is 5.39. The number of rotatable bonds is 2. The van der Waals surface area contributed by atoms with E-state index in [1.54, 1.807) is 0 Å². The molecular weight excluding hydrogens is 252 g/mol. The van der Waals surface area contributed by atoms with E-state index in [0.717, 1.165) is 37.1 Å². The van der Waals surface area contributed by atoms with Gasteiger partial charge in [-0.25, -0.2) is 14.8 Å². The third-order valence-electron chi connectivity index (χ3n) is 3.77. The largest absolute Gasteiger partial charge is 0.405 e. The Morgan fingerprint density at radius 3 is 2.80 bits per heavy atom. The zero-order valence-corrected chi connectivity index (χ0v) is 11.7. The summed E-state index contributed by atoms with van der Waals surface area (Å²) in [6.07, 6.45) is 4.37. The van der Waals surface area contributed by atoms with Gasteiger partial charge in [-0.3, -0.25) is 0 Å². The van der Waals surface area contributed by atoms with E-state index in [1.165, 1.54) is 12.0 Å². The number of aliphatic imine (C=N–C) groups is 1. The highest BCUT2D eigenvalue weighted by Gasteiger charge is 2.37. The predicted molar refractivity (Wildman–Crippen MR) is 76.9 cm³/mol. The molecule has 2 aliphatic rings. The predicted octanol–water partition coefficient (Wildman–Crippen LogP) is 0.763. The van der Waals surface area contributed by atoms with Crippen molar-refractivity contribution in [2.45, 2.75) is 38.6 Å². The van der Waals surface area contributed by atoms with Crippen LogP contribution in [0.4, 0.5) is 0 Å². The van der Waals surface area contributed by atoms with E-state index >= 15 is 0 Å². The van der Waals surface area contributed by atoms with Gasteiger partial charge in [-0.2, -0.15) is 0 Å². The van der Waals surface area contributed by atoms with Crippen molar-refractivity contribution < 1.29 is 14.5 Å². The molecule has 20 heavy (non-hydrogen) atoms. The first kappa shape index (κ1) is 13.0. The first-order valence-corrected chi connectivity index (χ1v) is 7.20. The molecule has 3 rings (SSSR count). The van der Waals surface area contributed by atoms with Crippen molar-refractivity contribution in [3.05, 3.63) is 35.4 Å². The highest BCUT2D eigenvalue weighted by Crippen LogP contribution is 2.16. The van der Waals surface area contributed by atoms with Gasteiger partial charge in [0, 0.05) is 18.4 Å². The van der Waals surface area contributed by atoms with Crippen LogP contribution in [0.15, 0.2) is 29.3 Å². The average Bonchev–Trinajstić information content (AvgIpc) is 2.67. The first-order valence-electron chi connectivity index (χ1n) is 7.20. The number of nitrogens with zero attached hydrogens (tertiary/aromatic N) is 1. The zero-order chi connectivity index (χ0) is 13.9. The van der Waals surface area contributed by atoms with E-state index in [1.807, 2.05) is 31.2 Å². The third-order valence-corrected chi connectivity index (χ3v) is 3.77. The standard InChI is InChI=1S/C16H18N2O2/c1-11-6-8-12(9-7-11)15-18-14(16(19)20-15)13-5-3-2-4-10-17-13/h6-9,14H,2-5,10H2,1H3/p+1/t14-/m0/s1. The van der Waals surface area contributed by atoms with Crippen LogP contribution >= 0.6 is 0 Å². The van der Waals surface area contributed by atoms with Crippen LogP contribution in [0.1, 0.15) is 36.8 Å². The Kier molecular flexibility index (Phi) is 3.63. The number of cyclic esters (lactones) is 1. The quantitative estimate of drug-likeness (QED) is 0.808. The molecule has 4 heteroatoms. The second kappa shape index (κ2) is 5.57. The summed E-state index contributed by atoms with van der Waals surface area (Å²) in [6, 6.07) is 7.40. The van der Waals surface area contributed by atoms with Gasteiger partial charge >= 0.3 is 5.97 Å². The van der Waals surface area contributed by atoms with Crippen LogP contribution in [0.2, 0.25) is 0 Å². The lowest BCUT2D eigenvalue weighted by Gasteiger charge is -2.00. The summed E-state index contributed by atoms with van der Waals surface area (Å²) in [5.74, 6) is 0.184. The van der Waals surface area contributed by atoms with Crippen molar-refractivity contribution >= 4 is 17.6 Å². The molecule has 0 aromatic heterocycles. The molecule has 0 fully saturated rings. The molecule has 0 bridgehead atoms. The van der Waals surface area contributed by atoms with E-state index in [4.69, 9.17) is 4.74 Å². The molecule has 4 nitrogen and oxygen atoms in total. The van der Waals surface area contributed by atoms with Gasteiger partial charge in [0.25, 0.3) is 0 Å². The summed E-state index contributed by atoms with van der Waals surface area (Å²) >= 11 is 0. The fourth-order valence-electron chi connectivity index (χ4n) is 2.59. The van der Waals surface area contributed by atoms with Gasteiger partial charge in [-0.1, -0.05) is 17.7 Å². The average molecular weight is 271 g/mol. The van der Waals surface area contributed by atoms with Gasteiger partial charge < -0.3 is 4.74 Å².